The van der Waals surface area contributed by atoms with Crippen LogP contribution in [-0.4, -0.2) is 21.0 Å². The molecule has 0 radical (unpaired) electrons. The highest BCUT2D eigenvalue weighted by atomic mass is 35.5. The first-order valence-electron chi connectivity index (χ1n) is 15.2. The molecule has 4 atom stereocenters. The summed E-state index contributed by atoms with van der Waals surface area (Å²) < 4.78 is 0. The number of hydrogen-bond acceptors (Lipinski definition) is 5. The Kier molecular flexibility index (Phi) is 9.27. The molecule has 0 aliphatic heterocycles. The van der Waals surface area contributed by atoms with Gasteiger partial charge in [0, 0.05) is 59.5 Å². The van der Waals surface area contributed by atoms with Gasteiger partial charge in [0.1, 0.15) is 5.78 Å². The van der Waals surface area contributed by atoms with E-state index >= 15 is 0 Å². The van der Waals surface area contributed by atoms with Crippen molar-refractivity contribution in [2.24, 2.45) is 11.8 Å². The molecule has 2 heterocycles. The Bertz CT molecular complexity index is 1930. The Morgan fingerprint density at radius 3 is 1.76 bits per heavy atom. The third kappa shape index (κ3) is 7.81. The number of carbonyl (C=O) groups excluding carboxylic acids is 2. The van der Waals surface area contributed by atoms with E-state index in [1.54, 1.807) is 12.4 Å². The second kappa shape index (κ2) is 13.8. The molecule has 5 nitrogen and oxygen atoms in total. The molecule has 8 rings (SSSR count). The number of halogens is 1. The third-order valence-corrected chi connectivity index (χ3v) is 8.77. The van der Waals surface area contributed by atoms with Crippen molar-refractivity contribution in [3.63, 3.8) is 0 Å². The fraction of sp³-hybridized carbons (Fsp3) is 0.179. The average Bonchev–Trinajstić information content (AvgIpc) is 4.01. The number of anilines is 1. The van der Waals surface area contributed by atoms with Crippen LogP contribution in [0, 0.1) is 11.8 Å². The summed E-state index contributed by atoms with van der Waals surface area (Å²) in [5.74, 6) is 1.46. The van der Waals surface area contributed by atoms with E-state index in [0.29, 0.717) is 24.0 Å². The maximum Gasteiger partial charge on any atom is 0.225 e. The topological polar surface area (TPSA) is 85.9 Å². The zero-order valence-electron chi connectivity index (χ0n) is 24.8. The van der Waals surface area contributed by atoms with Gasteiger partial charge in [-0.05, 0) is 88.0 Å². The summed E-state index contributed by atoms with van der Waals surface area (Å²) in [6.45, 7) is 0. The molecule has 2 aromatic heterocycles. The van der Waals surface area contributed by atoms with Crippen LogP contribution in [0.25, 0.3) is 21.5 Å². The van der Waals surface area contributed by atoms with E-state index in [1.807, 2.05) is 103 Å². The Hall–Kier alpha value is -4.87. The molecule has 2 aliphatic carbocycles. The van der Waals surface area contributed by atoms with E-state index in [-0.39, 0.29) is 17.1 Å². The van der Waals surface area contributed by atoms with E-state index in [0.717, 1.165) is 45.6 Å². The van der Waals surface area contributed by atoms with Crippen molar-refractivity contribution < 1.29 is 9.59 Å². The van der Waals surface area contributed by atoms with E-state index in [4.69, 9.17) is 17.3 Å². The SMILES string of the molecule is Nc1ccc2cnccc2c1.O=C(Cc1ccc2cnccc2c1)[C@@H]1C[C@H]1c1ccccc1.O=C(Cl)[C@@H]1C[C@H]1c1ccccc1. The Balaban J connectivity index is 0.000000131. The summed E-state index contributed by atoms with van der Waals surface area (Å²) in [5, 5.41) is 4.34. The Labute approximate surface area is 268 Å². The van der Waals surface area contributed by atoms with E-state index in [1.165, 1.54) is 11.1 Å². The van der Waals surface area contributed by atoms with Crippen molar-refractivity contribution in [2.45, 2.75) is 31.1 Å². The van der Waals surface area contributed by atoms with Crippen LogP contribution >= 0.6 is 11.6 Å². The van der Waals surface area contributed by atoms with Gasteiger partial charge in [-0.3, -0.25) is 19.6 Å². The van der Waals surface area contributed by atoms with Gasteiger partial charge in [-0.1, -0.05) is 84.9 Å². The molecular formula is C39H34ClN3O2. The van der Waals surface area contributed by atoms with Crippen LogP contribution in [-0.2, 0) is 16.0 Å². The van der Waals surface area contributed by atoms with Gasteiger partial charge in [0.05, 0.1) is 0 Å². The minimum atomic E-state index is -0.191. The number of ketones is 1. The highest BCUT2D eigenvalue weighted by molar-refractivity contribution is 6.64. The van der Waals surface area contributed by atoms with Crippen LogP contribution < -0.4 is 5.73 Å². The third-order valence-electron chi connectivity index (χ3n) is 8.49. The summed E-state index contributed by atoms with van der Waals surface area (Å²) in [7, 11) is 0. The lowest BCUT2D eigenvalue weighted by molar-refractivity contribution is -0.119. The average molecular weight is 612 g/mol. The number of fused-ring (bicyclic) bond motifs is 2. The van der Waals surface area contributed by atoms with Crippen LogP contribution in [0.1, 0.15) is 41.4 Å². The van der Waals surface area contributed by atoms with Crippen molar-refractivity contribution in [1.29, 1.82) is 0 Å². The van der Waals surface area contributed by atoms with Crippen molar-refractivity contribution >= 4 is 49.9 Å². The second-order valence-corrected chi connectivity index (χ2v) is 12.1. The molecule has 0 spiro atoms. The van der Waals surface area contributed by atoms with E-state index < -0.39 is 0 Å². The normalized spacial score (nSPS) is 19.4. The number of rotatable bonds is 6. The minimum absolute atomic E-state index is 0.0778. The number of nitrogens with zero attached hydrogens (tertiary/aromatic N) is 2. The molecule has 2 saturated carbocycles. The quantitative estimate of drug-likeness (QED) is 0.151. The number of hydrogen-bond donors (Lipinski definition) is 1. The van der Waals surface area contributed by atoms with Crippen LogP contribution in [0.4, 0.5) is 5.69 Å². The number of Topliss-reactive ketones (excluding diaryl/α,β-unsaturated/α-hetero) is 1. The van der Waals surface area contributed by atoms with Gasteiger partial charge in [-0.25, -0.2) is 0 Å². The van der Waals surface area contributed by atoms with Gasteiger partial charge >= 0.3 is 0 Å². The lowest BCUT2D eigenvalue weighted by Crippen LogP contribution is -2.06. The van der Waals surface area contributed by atoms with Crippen molar-refractivity contribution in [1.82, 2.24) is 9.97 Å². The molecule has 4 aromatic carbocycles. The molecular weight excluding hydrogens is 578 g/mol. The van der Waals surface area contributed by atoms with Crippen LogP contribution in [0.15, 0.2) is 134 Å². The number of aromatic nitrogens is 2. The molecule has 6 heteroatoms. The van der Waals surface area contributed by atoms with Crippen LogP contribution in [0.2, 0.25) is 0 Å². The Morgan fingerprint density at radius 1 is 0.644 bits per heavy atom. The van der Waals surface area contributed by atoms with Gasteiger partial charge in [0.25, 0.3) is 0 Å². The highest BCUT2D eigenvalue weighted by Gasteiger charge is 2.43. The highest BCUT2D eigenvalue weighted by Crippen LogP contribution is 2.49. The molecule has 0 unspecified atom stereocenters. The molecule has 2 aliphatic rings. The summed E-state index contributed by atoms with van der Waals surface area (Å²) >= 11 is 5.38. The maximum absolute atomic E-state index is 12.5. The maximum atomic E-state index is 12.5. The lowest BCUT2D eigenvalue weighted by Gasteiger charge is -2.04. The molecule has 6 aromatic rings. The molecule has 2 N–H and O–H groups in total. The summed E-state index contributed by atoms with van der Waals surface area (Å²) in [5.41, 5.74) is 10.0. The number of carbonyl (C=O) groups is 2. The second-order valence-electron chi connectivity index (χ2n) is 11.7. The van der Waals surface area contributed by atoms with Gasteiger partial charge in [-0.15, -0.1) is 0 Å². The number of nitrogen functional groups attached to an aromatic ring is 1. The van der Waals surface area contributed by atoms with Gasteiger partial charge in [0.2, 0.25) is 5.24 Å². The molecule has 224 valence electrons. The van der Waals surface area contributed by atoms with Crippen molar-refractivity contribution in [3.8, 4) is 0 Å². The molecule has 0 amide bonds. The number of nitrogens with two attached hydrogens (primary N) is 1. The minimum Gasteiger partial charge on any atom is -0.399 e. The molecule has 45 heavy (non-hydrogen) atoms. The lowest BCUT2D eigenvalue weighted by atomic mass is 10.0. The van der Waals surface area contributed by atoms with E-state index in [2.05, 4.69) is 28.2 Å². The van der Waals surface area contributed by atoms with Crippen molar-refractivity contribution in [2.75, 3.05) is 5.73 Å². The zero-order chi connectivity index (χ0) is 31.2. The monoisotopic (exact) mass is 611 g/mol. The summed E-state index contributed by atoms with van der Waals surface area (Å²) in [4.78, 5) is 31.4. The largest absolute Gasteiger partial charge is 0.399 e. The summed E-state index contributed by atoms with van der Waals surface area (Å²) in [6.07, 6.45) is 9.70. The number of benzene rings is 4. The van der Waals surface area contributed by atoms with Gasteiger partial charge in [-0.2, -0.15) is 0 Å². The molecule has 0 bridgehead atoms. The van der Waals surface area contributed by atoms with E-state index in [9.17, 15) is 9.59 Å². The number of pyridine rings is 2. The van der Waals surface area contributed by atoms with Crippen molar-refractivity contribution in [3.05, 3.63) is 151 Å². The van der Waals surface area contributed by atoms with Crippen LogP contribution in [0.3, 0.4) is 0 Å². The first-order valence-corrected chi connectivity index (χ1v) is 15.6. The fourth-order valence-electron chi connectivity index (χ4n) is 5.81. The standard InChI is InChI=1S/C20H17NO.C10H9ClO.C9H8N2/c22-20(19-12-18(19)15-4-2-1-3-5-15)11-14-6-7-17-13-21-9-8-16(17)10-14;11-10(12)9-6-8(9)7-4-2-1-3-5-7;10-9-2-1-8-6-11-4-3-7(8)5-9/h1-10,13,18-19H,11-12H2;1-5,8-9H,6H2;1-6H,10H2/t18-,19+;8-,9+;/m00./s1. The molecule has 0 saturated heterocycles. The fourth-order valence-corrected chi connectivity index (χ4v) is 6.05. The Morgan fingerprint density at radius 2 is 1.18 bits per heavy atom. The smallest absolute Gasteiger partial charge is 0.225 e. The summed E-state index contributed by atoms with van der Waals surface area (Å²) in [6, 6.07) is 36.3. The first-order chi connectivity index (χ1) is 22.0. The molecule has 2 fully saturated rings. The van der Waals surface area contributed by atoms with Gasteiger partial charge in [0.15, 0.2) is 0 Å². The van der Waals surface area contributed by atoms with Crippen LogP contribution in [0.5, 0.6) is 0 Å². The first kappa shape index (κ1) is 30.2. The predicted octanol–water partition coefficient (Wildman–Crippen LogP) is 8.52. The van der Waals surface area contributed by atoms with Gasteiger partial charge < -0.3 is 5.73 Å². The zero-order valence-corrected chi connectivity index (χ0v) is 25.6. The predicted molar refractivity (Wildman–Crippen MR) is 182 cm³/mol.